The number of ether oxygens (including phenoxy) is 1. The van der Waals surface area contributed by atoms with Crippen molar-refractivity contribution in [2.45, 2.75) is 33.1 Å². The van der Waals surface area contributed by atoms with Crippen LogP contribution in [0.2, 0.25) is 0 Å². The van der Waals surface area contributed by atoms with E-state index in [1.807, 2.05) is 0 Å². The average molecular weight is 223 g/mol. The van der Waals surface area contributed by atoms with E-state index < -0.39 is 6.09 Å². The van der Waals surface area contributed by atoms with E-state index >= 15 is 0 Å². The molecule has 1 heterocycles. The van der Waals surface area contributed by atoms with Crippen molar-refractivity contribution >= 4 is 12.0 Å². The molecular weight excluding hydrogens is 206 g/mol. The number of nitrogens with zero attached hydrogens (tertiary/aromatic N) is 1. The summed E-state index contributed by atoms with van der Waals surface area (Å²) in [5.74, 6) is -0.0938. The lowest BCUT2D eigenvalue weighted by molar-refractivity contribution is -0.132. The van der Waals surface area contributed by atoms with Crippen LogP contribution in [0.1, 0.15) is 33.1 Å². The summed E-state index contributed by atoms with van der Waals surface area (Å²) in [6, 6.07) is 0. The molecule has 0 aromatic carbocycles. The highest BCUT2D eigenvalue weighted by atomic mass is 16.6. The van der Waals surface area contributed by atoms with Crippen LogP contribution in [-0.4, -0.2) is 30.1 Å². The van der Waals surface area contributed by atoms with Gasteiger partial charge in [-0.25, -0.2) is 9.69 Å². The first-order chi connectivity index (χ1) is 7.59. The minimum Gasteiger partial charge on any atom is -0.447 e. The van der Waals surface area contributed by atoms with Crippen LogP contribution in [0.4, 0.5) is 4.79 Å². The molecule has 0 bridgehead atoms. The first kappa shape index (κ1) is 11.2. The Hall–Kier alpha value is -1.32. The van der Waals surface area contributed by atoms with Gasteiger partial charge < -0.3 is 4.74 Å². The van der Waals surface area contributed by atoms with E-state index in [-0.39, 0.29) is 11.8 Å². The Labute approximate surface area is 95.2 Å². The number of hydrogen-bond donors (Lipinski definition) is 0. The van der Waals surface area contributed by atoms with Gasteiger partial charge in [0.05, 0.1) is 6.54 Å². The summed E-state index contributed by atoms with van der Waals surface area (Å²) in [7, 11) is 0. The Morgan fingerprint density at radius 3 is 2.69 bits per heavy atom. The van der Waals surface area contributed by atoms with Gasteiger partial charge in [0.2, 0.25) is 5.91 Å². The summed E-state index contributed by atoms with van der Waals surface area (Å²) >= 11 is 0. The molecule has 88 valence electrons. The van der Waals surface area contributed by atoms with Crippen molar-refractivity contribution in [2.24, 2.45) is 5.92 Å². The molecule has 16 heavy (non-hydrogen) atoms. The number of allylic oxidation sites excluding steroid dienone is 2. The van der Waals surface area contributed by atoms with Crippen molar-refractivity contribution < 1.29 is 14.3 Å². The quantitative estimate of drug-likeness (QED) is 0.639. The molecule has 0 N–H and O–H groups in total. The second-order valence-corrected chi connectivity index (χ2v) is 4.60. The number of rotatable bonds is 1. The molecule has 1 fully saturated rings. The van der Waals surface area contributed by atoms with Crippen LogP contribution in [-0.2, 0) is 9.53 Å². The third-order valence-corrected chi connectivity index (χ3v) is 3.53. The Bertz CT molecular complexity index is 359. The number of hydrogen-bond acceptors (Lipinski definition) is 3. The van der Waals surface area contributed by atoms with Gasteiger partial charge in [0.25, 0.3) is 0 Å². The fourth-order valence-corrected chi connectivity index (χ4v) is 2.27. The van der Waals surface area contributed by atoms with Crippen LogP contribution in [0.15, 0.2) is 11.1 Å². The van der Waals surface area contributed by atoms with Gasteiger partial charge >= 0.3 is 6.09 Å². The Kier molecular flexibility index (Phi) is 2.99. The summed E-state index contributed by atoms with van der Waals surface area (Å²) in [6.45, 7) is 4.93. The molecule has 1 aliphatic heterocycles. The normalized spacial score (nSPS) is 26.0. The number of carbonyl (C=O) groups is 2. The predicted octanol–water partition coefficient (Wildman–Crippen LogP) is 2.10. The van der Waals surface area contributed by atoms with Gasteiger partial charge in [-0.05, 0) is 33.1 Å². The van der Waals surface area contributed by atoms with Crippen LogP contribution >= 0.6 is 0 Å². The molecule has 2 amide bonds. The zero-order valence-corrected chi connectivity index (χ0v) is 9.78. The minimum absolute atomic E-state index is 0.0330. The van der Waals surface area contributed by atoms with Crippen LogP contribution in [0.25, 0.3) is 0 Å². The van der Waals surface area contributed by atoms with Crippen molar-refractivity contribution in [1.82, 2.24) is 4.90 Å². The van der Waals surface area contributed by atoms with Crippen molar-refractivity contribution in [3.8, 4) is 0 Å². The molecular formula is C12H17NO3. The molecule has 0 aromatic heterocycles. The maximum Gasteiger partial charge on any atom is 0.416 e. The Balaban J connectivity index is 2.04. The van der Waals surface area contributed by atoms with Crippen LogP contribution < -0.4 is 0 Å². The fourth-order valence-electron chi connectivity index (χ4n) is 2.27. The summed E-state index contributed by atoms with van der Waals surface area (Å²) in [6.07, 6.45) is 2.12. The maximum atomic E-state index is 12.1. The highest BCUT2D eigenvalue weighted by molar-refractivity contribution is 5.94. The highest BCUT2D eigenvalue weighted by Crippen LogP contribution is 2.30. The third kappa shape index (κ3) is 1.96. The predicted molar refractivity (Wildman–Crippen MR) is 58.8 cm³/mol. The molecule has 0 aromatic rings. The van der Waals surface area contributed by atoms with Crippen LogP contribution in [0.3, 0.4) is 0 Å². The molecule has 4 nitrogen and oxygen atoms in total. The van der Waals surface area contributed by atoms with E-state index in [0.717, 1.165) is 19.3 Å². The monoisotopic (exact) mass is 223 g/mol. The molecule has 2 rings (SSSR count). The summed E-state index contributed by atoms with van der Waals surface area (Å²) in [5, 5.41) is 0. The minimum atomic E-state index is -0.478. The van der Waals surface area contributed by atoms with Crippen molar-refractivity contribution in [2.75, 3.05) is 13.2 Å². The first-order valence-electron chi connectivity index (χ1n) is 5.73. The van der Waals surface area contributed by atoms with E-state index in [0.29, 0.717) is 13.2 Å². The van der Waals surface area contributed by atoms with Gasteiger partial charge in [0.15, 0.2) is 0 Å². The zero-order valence-electron chi connectivity index (χ0n) is 9.78. The molecule has 1 aliphatic carbocycles. The lowest BCUT2D eigenvalue weighted by Crippen LogP contribution is -2.37. The summed E-state index contributed by atoms with van der Waals surface area (Å²) in [5.41, 5.74) is 2.67. The molecule has 0 saturated carbocycles. The number of carbonyl (C=O) groups excluding carboxylic acids is 2. The van der Waals surface area contributed by atoms with E-state index in [2.05, 4.69) is 13.8 Å². The first-order valence-corrected chi connectivity index (χ1v) is 5.73. The Morgan fingerprint density at radius 1 is 1.38 bits per heavy atom. The smallest absolute Gasteiger partial charge is 0.416 e. The van der Waals surface area contributed by atoms with E-state index in [9.17, 15) is 9.59 Å². The van der Waals surface area contributed by atoms with Gasteiger partial charge in [-0.15, -0.1) is 0 Å². The van der Waals surface area contributed by atoms with Gasteiger partial charge in [-0.1, -0.05) is 11.1 Å². The number of imide groups is 1. The largest absolute Gasteiger partial charge is 0.447 e. The van der Waals surface area contributed by atoms with E-state index in [1.165, 1.54) is 16.0 Å². The lowest BCUT2D eigenvalue weighted by atomic mass is 9.84. The lowest BCUT2D eigenvalue weighted by Gasteiger charge is -2.25. The molecule has 4 heteroatoms. The fraction of sp³-hybridized carbons (Fsp3) is 0.667. The van der Waals surface area contributed by atoms with Gasteiger partial charge in [0, 0.05) is 5.92 Å². The second kappa shape index (κ2) is 4.28. The average Bonchev–Trinajstić information content (AvgIpc) is 2.67. The molecule has 1 atom stereocenters. The molecule has 0 radical (unpaired) electrons. The van der Waals surface area contributed by atoms with Crippen LogP contribution in [0, 0.1) is 5.92 Å². The standard InChI is InChI=1S/C12H17NO3/c1-8-3-4-10(7-9(8)2)11(14)13-5-6-16-12(13)15/h10H,3-7H2,1-2H3. The number of cyclic esters (lactones) is 1. The van der Waals surface area contributed by atoms with Crippen molar-refractivity contribution in [1.29, 1.82) is 0 Å². The van der Waals surface area contributed by atoms with Crippen molar-refractivity contribution in [3.63, 3.8) is 0 Å². The molecule has 1 unspecified atom stereocenters. The Morgan fingerprint density at radius 2 is 2.12 bits per heavy atom. The second-order valence-electron chi connectivity index (χ2n) is 4.60. The van der Waals surface area contributed by atoms with Crippen molar-refractivity contribution in [3.05, 3.63) is 11.1 Å². The van der Waals surface area contributed by atoms with Gasteiger partial charge in [-0.3, -0.25) is 4.79 Å². The highest BCUT2D eigenvalue weighted by Gasteiger charge is 2.34. The number of amides is 2. The van der Waals surface area contributed by atoms with E-state index in [4.69, 9.17) is 4.74 Å². The SMILES string of the molecule is CC1=C(C)CC(C(=O)N2CCOC2=O)CC1. The maximum absolute atomic E-state index is 12.1. The zero-order chi connectivity index (χ0) is 11.7. The summed E-state index contributed by atoms with van der Waals surface area (Å²) in [4.78, 5) is 24.6. The van der Waals surface area contributed by atoms with Gasteiger partial charge in [-0.2, -0.15) is 0 Å². The third-order valence-electron chi connectivity index (χ3n) is 3.53. The molecule has 0 spiro atoms. The molecule has 2 aliphatic rings. The van der Waals surface area contributed by atoms with E-state index in [1.54, 1.807) is 0 Å². The van der Waals surface area contributed by atoms with Crippen LogP contribution in [0.5, 0.6) is 0 Å². The topological polar surface area (TPSA) is 46.6 Å². The summed E-state index contributed by atoms with van der Waals surface area (Å²) < 4.78 is 4.78. The van der Waals surface area contributed by atoms with Gasteiger partial charge in [0.1, 0.15) is 6.61 Å². The molecule has 1 saturated heterocycles.